The summed E-state index contributed by atoms with van der Waals surface area (Å²) in [6.07, 6.45) is 3.60. The van der Waals surface area contributed by atoms with Crippen molar-refractivity contribution in [2.45, 2.75) is 6.54 Å². The number of hydrogen-bond acceptors (Lipinski definition) is 3. The molecular formula is C23H19BrN2O2. The van der Waals surface area contributed by atoms with Crippen LogP contribution in [-0.2, 0) is 6.54 Å². The van der Waals surface area contributed by atoms with Crippen molar-refractivity contribution < 1.29 is 31.1 Å². The number of aromatic nitrogens is 2. The molecule has 0 aliphatic heterocycles. The minimum absolute atomic E-state index is 0. The Labute approximate surface area is 174 Å². The summed E-state index contributed by atoms with van der Waals surface area (Å²) in [5.74, 6) is 0.766. The Morgan fingerprint density at radius 2 is 1.71 bits per heavy atom. The highest BCUT2D eigenvalue weighted by molar-refractivity contribution is 5.96. The first-order valence-corrected chi connectivity index (χ1v) is 8.75. The Bertz CT molecular complexity index is 1090. The summed E-state index contributed by atoms with van der Waals surface area (Å²) < 4.78 is 6.92. The Balaban J connectivity index is 0.00000225. The summed E-state index contributed by atoms with van der Waals surface area (Å²) in [7, 11) is 1.61. The van der Waals surface area contributed by atoms with Crippen LogP contribution in [0.3, 0.4) is 0 Å². The number of carbonyl (C=O) groups is 1. The van der Waals surface area contributed by atoms with Gasteiger partial charge in [0.15, 0.2) is 12.2 Å². The molecule has 0 N–H and O–H groups in total. The molecule has 0 unspecified atom stereocenters. The van der Waals surface area contributed by atoms with Gasteiger partial charge in [-0.1, -0.05) is 36.4 Å². The van der Waals surface area contributed by atoms with E-state index >= 15 is 0 Å². The molecule has 1 aromatic heterocycles. The zero-order valence-electron chi connectivity index (χ0n) is 15.4. The number of Topliss-reactive ketones (excluding diaryl/α,β-unsaturated/α-hetero) is 1. The first-order chi connectivity index (χ1) is 13.2. The van der Waals surface area contributed by atoms with Crippen molar-refractivity contribution in [3.63, 3.8) is 0 Å². The maximum Gasteiger partial charge on any atom is 0.287 e. The van der Waals surface area contributed by atoms with Crippen LogP contribution in [0, 0.1) is 0 Å². The average Bonchev–Trinajstić information content (AvgIpc) is 2.74. The number of benzene rings is 3. The van der Waals surface area contributed by atoms with Gasteiger partial charge in [-0.05, 0) is 46.1 Å². The van der Waals surface area contributed by atoms with Crippen LogP contribution in [0.25, 0.3) is 22.0 Å². The molecule has 3 aromatic carbocycles. The summed E-state index contributed by atoms with van der Waals surface area (Å²) >= 11 is 0. The number of fused-ring (bicyclic) bond motifs is 1. The van der Waals surface area contributed by atoms with Crippen LogP contribution in [0.1, 0.15) is 10.4 Å². The third-order valence-corrected chi connectivity index (χ3v) is 4.57. The fourth-order valence-electron chi connectivity index (χ4n) is 3.12. The van der Waals surface area contributed by atoms with Crippen molar-refractivity contribution >= 4 is 16.6 Å². The van der Waals surface area contributed by atoms with E-state index in [0.717, 1.165) is 17.0 Å². The molecular weight excluding hydrogens is 416 g/mol. The highest BCUT2D eigenvalue weighted by Crippen LogP contribution is 2.26. The molecule has 0 spiro atoms. The van der Waals surface area contributed by atoms with Gasteiger partial charge in [-0.3, -0.25) is 4.79 Å². The van der Waals surface area contributed by atoms with Crippen LogP contribution in [0.15, 0.2) is 85.3 Å². The normalized spacial score (nSPS) is 10.3. The number of methoxy groups -OCH3 is 1. The van der Waals surface area contributed by atoms with Gasteiger partial charge >= 0.3 is 0 Å². The number of carbonyl (C=O) groups excluding carboxylic acids is 1. The number of ketones is 1. The van der Waals surface area contributed by atoms with Crippen LogP contribution in [0.4, 0.5) is 0 Å². The van der Waals surface area contributed by atoms with Gasteiger partial charge in [0.2, 0.25) is 5.78 Å². The minimum Gasteiger partial charge on any atom is -1.00 e. The van der Waals surface area contributed by atoms with E-state index in [4.69, 9.17) is 4.74 Å². The molecule has 0 fully saturated rings. The van der Waals surface area contributed by atoms with E-state index in [0.29, 0.717) is 5.56 Å². The van der Waals surface area contributed by atoms with E-state index in [9.17, 15) is 4.79 Å². The molecule has 0 saturated heterocycles. The van der Waals surface area contributed by atoms with Crippen molar-refractivity contribution in [2.24, 2.45) is 0 Å². The summed E-state index contributed by atoms with van der Waals surface area (Å²) in [5.41, 5.74) is 2.63. The second-order valence-electron chi connectivity index (χ2n) is 6.30. The SMILES string of the molecule is COc1ccc(C(=O)C[n+]2ccc(-c3cccc4ccccc34)nc2)cc1.[Br-]. The van der Waals surface area contributed by atoms with E-state index < -0.39 is 0 Å². The average molecular weight is 435 g/mol. The van der Waals surface area contributed by atoms with Crippen molar-refractivity contribution in [2.75, 3.05) is 7.11 Å². The molecule has 0 saturated carbocycles. The molecule has 0 aliphatic rings. The second kappa shape index (κ2) is 8.76. The molecule has 1 heterocycles. The lowest BCUT2D eigenvalue weighted by Crippen LogP contribution is -3.00. The van der Waals surface area contributed by atoms with Crippen LogP contribution in [-0.4, -0.2) is 17.9 Å². The number of nitrogens with zero attached hydrogens (tertiary/aromatic N) is 2. The van der Waals surface area contributed by atoms with Gasteiger partial charge in [0.25, 0.3) is 6.33 Å². The van der Waals surface area contributed by atoms with Gasteiger partial charge in [0.05, 0.1) is 13.3 Å². The second-order valence-corrected chi connectivity index (χ2v) is 6.30. The quantitative estimate of drug-likeness (QED) is 0.348. The molecule has 4 rings (SSSR count). The van der Waals surface area contributed by atoms with Crippen molar-refractivity contribution in [1.82, 2.24) is 4.98 Å². The van der Waals surface area contributed by atoms with E-state index in [1.54, 1.807) is 42.3 Å². The zero-order chi connectivity index (χ0) is 18.6. The molecule has 4 aromatic rings. The van der Waals surface area contributed by atoms with Gasteiger partial charge in [-0.15, -0.1) is 0 Å². The van der Waals surface area contributed by atoms with E-state index in [1.807, 2.05) is 30.5 Å². The lowest BCUT2D eigenvalue weighted by atomic mass is 10.0. The summed E-state index contributed by atoms with van der Waals surface area (Å²) in [6.45, 7) is 0.245. The molecule has 0 atom stereocenters. The van der Waals surface area contributed by atoms with Gasteiger partial charge in [-0.25, -0.2) is 4.57 Å². The van der Waals surface area contributed by atoms with Crippen molar-refractivity contribution in [3.8, 4) is 17.0 Å². The topological polar surface area (TPSA) is 43.1 Å². The van der Waals surface area contributed by atoms with Gasteiger partial charge in [0, 0.05) is 17.2 Å². The highest BCUT2D eigenvalue weighted by Gasteiger charge is 2.13. The lowest BCUT2D eigenvalue weighted by Gasteiger charge is -2.04. The summed E-state index contributed by atoms with van der Waals surface area (Å²) in [6, 6.07) is 23.5. The smallest absolute Gasteiger partial charge is 0.287 e. The Hall–Kier alpha value is -3.05. The van der Waals surface area contributed by atoms with Crippen molar-refractivity contribution in [1.29, 1.82) is 0 Å². The zero-order valence-corrected chi connectivity index (χ0v) is 17.0. The Morgan fingerprint density at radius 1 is 0.964 bits per heavy atom. The number of ether oxygens (including phenoxy) is 1. The highest BCUT2D eigenvalue weighted by atomic mass is 79.9. The molecule has 0 aliphatic carbocycles. The molecule has 4 nitrogen and oxygen atoms in total. The number of hydrogen-bond donors (Lipinski definition) is 0. The Morgan fingerprint density at radius 3 is 2.43 bits per heavy atom. The number of rotatable bonds is 5. The minimum atomic E-state index is 0. The third kappa shape index (κ3) is 4.10. The molecule has 0 amide bonds. The van der Waals surface area contributed by atoms with Crippen LogP contribution >= 0.6 is 0 Å². The van der Waals surface area contributed by atoms with Gasteiger partial charge < -0.3 is 21.7 Å². The molecule has 140 valence electrons. The van der Waals surface area contributed by atoms with E-state index in [-0.39, 0.29) is 29.3 Å². The van der Waals surface area contributed by atoms with Crippen LogP contribution in [0.2, 0.25) is 0 Å². The first kappa shape index (κ1) is 19.7. The van der Waals surface area contributed by atoms with E-state index in [1.165, 1.54) is 10.8 Å². The predicted octanol–water partition coefficient (Wildman–Crippen LogP) is 1.08. The monoisotopic (exact) mass is 434 g/mol. The maximum absolute atomic E-state index is 12.5. The summed E-state index contributed by atoms with van der Waals surface area (Å²) in [4.78, 5) is 17.0. The predicted molar refractivity (Wildman–Crippen MR) is 105 cm³/mol. The summed E-state index contributed by atoms with van der Waals surface area (Å²) in [5, 5.41) is 2.35. The Kier molecular flexibility index (Phi) is 6.16. The largest absolute Gasteiger partial charge is 1.00 e. The van der Waals surface area contributed by atoms with E-state index in [2.05, 4.69) is 29.2 Å². The number of halogens is 1. The van der Waals surface area contributed by atoms with Crippen molar-refractivity contribution in [3.05, 3.63) is 90.9 Å². The standard InChI is InChI=1S/C23H19N2O2.BrH/c1-27-19-11-9-18(10-12-19)23(26)15-25-14-13-22(24-16-25)21-8-4-6-17-5-2-3-7-20(17)21;/h2-14,16H,15H2,1H3;1H/q+1;/p-1. The van der Waals surface area contributed by atoms with Crippen LogP contribution in [0.5, 0.6) is 5.75 Å². The fourth-order valence-corrected chi connectivity index (χ4v) is 3.12. The molecule has 28 heavy (non-hydrogen) atoms. The molecule has 5 heteroatoms. The molecule has 0 bridgehead atoms. The lowest BCUT2D eigenvalue weighted by molar-refractivity contribution is -0.686. The third-order valence-electron chi connectivity index (χ3n) is 4.57. The van der Waals surface area contributed by atoms with Gasteiger partial charge in [-0.2, -0.15) is 0 Å². The fraction of sp³-hybridized carbons (Fsp3) is 0.0870. The van der Waals surface area contributed by atoms with Crippen LogP contribution < -0.4 is 26.3 Å². The first-order valence-electron chi connectivity index (χ1n) is 8.75. The maximum atomic E-state index is 12.5. The van der Waals surface area contributed by atoms with Gasteiger partial charge in [0.1, 0.15) is 5.75 Å². The molecule has 0 radical (unpaired) electrons.